The van der Waals surface area contributed by atoms with Gasteiger partial charge in [-0.15, -0.1) is 0 Å². The molecule has 0 saturated carbocycles. The van der Waals surface area contributed by atoms with E-state index in [1.165, 1.54) is 22.3 Å². The number of carbonyl (C=O) groups excluding carboxylic acids is 2. The van der Waals surface area contributed by atoms with Crippen LogP contribution in [0.3, 0.4) is 0 Å². The van der Waals surface area contributed by atoms with Gasteiger partial charge in [-0.05, 0) is 93.0 Å². The zero-order valence-corrected chi connectivity index (χ0v) is 25.0. The molecule has 0 saturated heterocycles. The average Bonchev–Trinajstić information content (AvgIpc) is 3.48. The van der Waals surface area contributed by atoms with Gasteiger partial charge in [-0.25, -0.2) is 9.59 Å². The Kier molecular flexibility index (Phi) is 8.65. The molecule has 0 spiro atoms. The molecule has 6 nitrogen and oxygen atoms in total. The molecule has 226 valence electrons. The first-order chi connectivity index (χ1) is 22.0. The molecular formula is C39H34O6. The van der Waals surface area contributed by atoms with Gasteiger partial charge in [0.1, 0.15) is 37.9 Å². The normalized spacial score (nSPS) is 13.2. The first kappa shape index (κ1) is 29.7. The molecule has 6 heteroatoms. The van der Waals surface area contributed by atoms with Crippen LogP contribution in [0.25, 0.3) is 21.5 Å². The summed E-state index contributed by atoms with van der Waals surface area (Å²) in [5.41, 5.74) is 4.91. The predicted molar refractivity (Wildman–Crippen MR) is 176 cm³/mol. The number of carbonyl (C=O) groups is 2. The Morgan fingerprint density at radius 1 is 0.622 bits per heavy atom. The third-order valence-electron chi connectivity index (χ3n) is 8.38. The van der Waals surface area contributed by atoms with Crippen LogP contribution in [0.15, 0.2) is 122 Å². The smallest absolute Gasteiger partial charge is 0.330 e. The average molecular weight is 599 g/mol. The highest BCUT2D eigenvalue weighted by molar-refractivity contribution is 5.87. The van der Waals surface area contributed by atoms with Crippen molar-refractivity contribution in [1.82, 2.24) is 0 Å². The second-order valence-electron chi connectivity index (χ2n) is 11.0. The quantitative estimate of drug-likeness (QED) is 0.0842. The van der Waals surface area contributed by atoms with Crippen LogP contribution >= 0.6 is 0 Å². The highest BCUT2D eigenvalue weighted by Gasteiger charge is 2.41. The van der Waals surface area contributed by atoms with Gasteiger partial charge < -0.3 is 18.9 Å². The van der Waals surface area contributed by atoms with E-state index in [0.29, 0.717) is 0 Å². The van der Waals surface area contributed by atoms with Gasteiger partial charge in [0.15, 0.2) is 0 Å². The Morgan fingerprint density at radius 3 is 1.64 bits per heavy atom. The number of rotatable bonds is 12. The lowest BCUT2D eigenvalue weighted by atomic mass is 9.69. The molecular weight excluding hydrogens is 564 g/mol. The van der Waals surface area contributed by atoms with Crippen LogP contribution in [-0.4, -0.2) is 38.4 Å². The number of fused-ring (bicyclic) bond motifs is 3. The third-order valence-corrected chi connectivity index (χ3v) is 8.38. The van der Waals surface area contributed by atoms with E-state index >= 15 is 0 Å². The van der Waals surface area contributed by atoms with Crippen molar-refractivity contribution in [3.05, 3.63) is 145 Å². The third kappa shape index (κ3) is 6.18. The van der Waals surface area contributed by atoms with Crippen molar-refractivity contribution in [1.29, 1.82) is 0 Å². The molecule has 0 radical (unpaired) electrons. The Morgan fingerprint density at radius 2 is 1.11 bits per heavy atom. The molecule has 0 N–H and O–H groups in total. The van der Waals surface area contributed by atoms with Crippen molar-refractivity contribution >= 4 is 33.5 Å². The summed E-state index contributed by atoms with van der Waals surface area (Å²) in [5.74, 6) is 0.527. The van der Waals surface area contributed by atoms with E-state index in [0.717, 1.165) is 58.0 Å². The van der Waals surface area contributed by atoms with Crippen LogP contribution < -0.4 is 9.47 Å². The van der Waals surface area contributed by atoms with Crippen molar-refractivity contribution in [3.63, 3.8) is 0 Å². The monoisotopic (exact) mass is 598 g/mol. The van der Waals surface area contributed by atoms with Gasteiger partial charge in [0.05, 0.1) is 0 Å². The summed E-state index contributed by atoms with van der Waals surface area (Å²) in [6.07, 6.45) is 4.25. The molecule has 0 amide bonds. The van der Waals surface area contributed by atoms with E-state index in [1.807, 2.05) is 24.3 Å². The standard InChI is InChI=1S/C39H34O6/c1-3-37(40)44-21-19-42-34-15-11-28-23-32(13-9-30(28)25-34)39(18-17-27-7-5-6-8-36(27)39)33-14-10-31-26-35(16-12-29(31)24-33)43-20-22-45-38(41)4-2/h3-16,23-26H,1-2,17-22H2. The first-order valence-electron chi connectivity index (χ1n) is 15.0. The molecule has 0 bridgehead atoms. The van der Waals surface area contributed by atoms with Gasteiger partial charge in [-0.2, -0.15) is 0 Å². The van der Waals surface area contributed by atoms with Gasteiger partial charge in [-0.3, -0.25) is 0 Å². The second kappa shape index (κ2) is 13.1. The van der Waals surface area contributed by atoms with Gasteiger partial charge in [0, 0.05) is 17.6 Å². The lowest BCUT2D eigenvalue weighted by Crippen LogP contribution is -2.26. The number of hydrogen-bond donors (Lipinski definition) is 0. The Balaban J connectivity index is 1.30. The molecule has 0 unspecified atom stereocenters. The summed E-state index contributed by atoms with van der Waals surface area (Å²) in [6, 6.07) is 34.3. The number of ether oxygens (including phenoxy) is 4. The molecule has 0 aromatic heterocycles. The van der Waals surface area contributed by atoms with Crippen molar-refractivity contribution in [3.8, 4) is 11.5 Å². The van der Waals surface area contributed by atoms with Crippen molar-refractivity contribution < 1.29 is 28.5 Å². The molecule has 0 atom stereocenters. The van der Waals surface area contributed by atoms with E-state index in [4.69, 9.17) is 18.9 Å². The molecule has 45 heavy (non-hydrogen) atoms. The maximum Gasteiger partial charge on any atom is 0.330 e. The van der Waals surface area contributed by atoms with Crippen molar-refractivity contribution in [2.75, 3.05) is 26.4 Å². The molecule has 1 aliphatic rings. The molecule has 5 aromatic rings. The molecule has 1 aliphatic carbocycles. The Bertz CT molecular complexity index is 1790. The minimum absolute atomic E-state index is 0.164. The number of esters is 2. The van der Waals surface area contributed by atoms with E-state index in [9.17, 15) is 9.59 Å². The molecule has 0 heterocycles. The van der Waals surface area contributed by atoms with Crippen molar-refractivity contribution in [2.24, 2.45) is 0 Å². The second-order valence-corrected chi connectivity index (χ2v) is 11.0. The van der Waals surface area contributed by atoms with E-state index in [2.05, 4.69) is 86.0 Å². The fourth-order valence-corrected chi connectivity index (χ4v) is 6.26. The number of hydrogen-bond acceptors (Lipinski definition) is 6. The Labute approximate surface area is 262 Å². The van der Waals surface area contributed by atoms with Crippen LogP contribution in [0, 0.1) is 0 Å². The first-order valence-corrected chi connectivity index (χ1v) is 15.0. The van der Waals surface area contributed by atoms with Crippen LogP contribution in [0.1, 0.15) is 28.7 Å². The summed E-state index contributed by atoms with van der Waals surface area (Å²) in [4.78, 5) is 22.6. The molecule has 0 fully saturated rings. The molecule has 5 aromatic carbocycles. The maximum atomic E-state index is 11.3. The van der Waals surface area contributed by atoms with Crippen molar-refractivity contribution in [2.45, 2.75) is 18.3 Å². The Hall–Kier alpha value is -5.36. The van der Waals surface area contributed by atoms with E-state index in [1.54, 1.807) is 0 Å². The SMILES string of the molecule is C=CC(=O)OCCOc1ccc2cc(C3(c4ccc5cc(OCCOC(=O)C=C)ccc5c4)CCc4ccccc43)ccc2c1. The largest absolute Gasteiger partial charge is 0.490 e. The summed E-state index contributed by atoms with van der Waals surface area (Å²) >= 11 is 0. The summed E-state index contributed by atoms with van der Waals surface area (Å²) in [5, 5.41) is 4.41. The van der Waals surface area contributed by atoms with Gasteiger partial charge in [0.2, 0.25) is 0 Å². The van der Waals surface area contributed by atoms with Crippen LogP contribution in [-0.2, 0) is 30.9 Å². The number of benzene rings is 5. The fraction of sp³-hybridized carbons (Fsp3) is 0.179. The fourth-order valence-electron chi connectivity index (χ4n) is 6.26. The summed E-state index contributed by atoms with van der Waals surface area (Å²) in [6.45, 7) is 7.67. The predicted octanol–water partition coefficient (Wildman–Crippen LogP) is 7.49. The number of aryl methyl sites for hydroxylation is 1. The van der Waals surface area contributed by atoms with Gasteiger partial charge in [0.25, 0.3) is 0 Å². The molecule has 6 rings (SSSR count). The summed E-state index contributed by atoms with van der Waals surface area (Å²) < 4.78 is 21.7. The topological polar surface area (TPSA) is 71.1 Å². The summed E-state index contributed by atoms with van der Waals surface area (Å²) in [7, 11) is 0. The zero-order valence-electron chi connectivity index (χ0n) is 25.0. The van der Waals surface area contributed by atoms with Crippen LogP contribution in [0.2, 0.25) is 0 Å². The minimum atomic E-state index is -0.460. The van der Waals surface area contributed by atoms with E-state index in [-0.39, 0.29) is 31.8 Å². The highest BCUT2D eigenvalue weighted by Crippen LogP contribution is 2.50. The lowest BCUT2D eigenvalue weighted by molar-refractivity contribution is -0.139. The highest BCUT2D eigenvalue weighted by atomic mass is 16.6. The van der Waals surface area contributed by atoms with E-state index < -0.39 is 11.9 Å². The maximum absolute atomic E-state index is 11.3. The van der Waals surface area contributed by atoms with Gasteiger partial charge >= 0.3 is 11.9 Å². The lowest BCUT2D eigenvalue weighted by Gasteiger charge is -2.33. The van der Waals surface area contributed by atoms with Crippen LogP contribution in [0.4, 0.5) is 0 Å². The van der Waals surface area contributed by atoms with Crippen LogP contribution in [0.5, 0.6) is 11.5 Å². The zero-order chi connectivity index (χ0) is 31.2. The van der Waals surface area contributed by atoms with Gasteiger partial charge in [-0.1, -0.05) is 73.8 Å². The minimum Gasteiger partial charge on any atom is -0.490 e. The molecule has 0 aliphatic heterocycles.